The molecule has 0 aliphatic rings. The van der Waals surface area contributed by atoms with Crippen molar-refractivity contribution in [3.8, 4) is 11.5 Å². The molecule has 0 spiro atoms. The summed E-state index contributed by atoms with van der Waals surface area (Å²) in [5, 5.41) is 17.0. The first-order chi connectivity index (χ1) is 8.74. The minimum atomic E-state index is -0.104. The molecule has 0 saturated carbocycles. The Labute approximate surface area is 105 Å². The van der Waals surface area contributed by atoms with Crippen LogP contribution in [0.5, 0.6) is 11.5 Å². The minimum Gasteiger partial charge on any atom is -0.493 e. The van der Waals surface area contributed by atoms with Crippen LogP contribution >= 0.6 is 0 Å². The van der Waals surface area contributed by atoms with Gasteiger partial charge in [0.2, 0.25) is 0 Å². The third-order valence-electron chi connectivity index (χ3n) is 2.47. The van der Waals surface area contributed by atoms with Gasteiger partial charge < -0.3 is 14.6 Å². The van der Waals surface area contributed by atoms with Gasteiger partial charge in [0.1, 0.15) is 12.3 Å². The van der Waals surface area contributed by atoms with E-state index in [0.717, 1.165) is 0 Å². The smallest absolute Gasteiger partial charge is 0.167 e. The van der Waals surface area contributed by atoms with E-state index in [2.05, 4.69) is 10.3 Å². The average molecular weight is 249 g/mol. The molecule has 96 valence electrons. The number of aromatic nitrogens is 3. The molecule has 1 heterocycles. The van der Waals surface area contributed by atoms with Crippen LogP contribution in [0.1, 0.15) is 11.3 Å². The molecule has 1 aromatic heterocycles. The summed E-state index contributed by atoms with van der Waals surface area (Å²) in [6, 6.07) is 5.37. The lowest BCUT2D eigenvalue weighted by Gasteiger charge is -2.12. The lowest BCUT2D eigenvalue weighted by Crippen LogP contribution is -2.01. The maximum atomic E-state index is 9.27. The van der Waals surface area contributed by atoms with Gasteiger partial charge in [-0.05, 0) is 6.07 Å². The second-order valence-corrected chi connectivity index (χ2v) is 3.78. The van der Waals surface area contributed by atoms with E-state index in [-0.39, 0.29) is 13.2 Å². The van der Waals surface area contributed by atoms with Crippen LogP contribution < -0.4 is 9.47 Å². The van der Waals surface area contributed by atoms with Gasteiger partial charge in [-0.15, -0.1) is 5.10 Å². The Hall–Kier alpha value is -2.08. The summed E-state index contributed by atoms with van der Waals surface area (Å²) >= 11 is 0. The Kier molecular flexibility index (Phi) is 3.78. The molecule has 2 aromatic rings. The van der Waals surface area contributed by atoms with E-state index in [1.165, 1.54) is 0 Å². The van der Waals surface area contributed by atoms with Gasteiger partial charge in [-0.1, -0.05) is 17.3 Å². The quantitative estimate of drug-likeness (QED) is 0.852. The first kappa shape index (κ1) is 12.4. The highest BCUT2D eigenvalue weighted by atomic mass is 16.5. The fourth-order valence-electron chi connectivity index (χ4n) is 1.62. The first-order valence-corrected chi connectivity index (χ1v) is 5.49. The normalized spacial score (nSPS) is 10.4. The molecule has 0 atom stereocenters. The van der Waals surface area contributed by atoms with Crippen molar-refractivity contribution < 1.29 is 14.6 Å². The van der Waals surface area contributed by atoms with Crippen LogP contribution in [-0.2, 0) is 20.3 Å². The summed E-state index contributed by atoms with van der Waals surface area (Å²) < 4.78 is 12.5. The number of aliphatic hydroxyl groups is 1. The summed E-state index contributed by atoms with van der Waals surface area (Å²) in [5.41, 5.74) is 1.39. The van der Waals surface area contributed by atoms with Crippen molar-refractivity contribution in [2.75, 3.05) is 7.11 Å². The molecule has 18 heavy (non-hydrogen) atoms. The standard InChI is InChI=1S/C12H15N3O3/c1-15-6-10(13-14-15)8-18-12-9(7-16)4-3-5-11(12)17-2/h3-6,16H,7-8H2,1-2H3. The largest absolute Gasteiger partial charge is 0.493 e. The van der Waals surface area contributed by atoms with Crippen molar-refractivity contribution in [3.63, 3.8) is 0 Å². The van der Waals surface area contributed by atoms with Gasteiger partial charge >= 0.3 is 0 Å². The zero-order valence-corrected chi connectivity index (χ0v) is 10.3. The zero-order valence-electron chi connectivity index (χ0n) is 10.3. The van der Waals surface area contributed by atoms with E-state index in [4.69, 9.17) is 9.47 Å². The highest BCUT2D eigenvalue weighted by Gasteiger charge is 2.10. The summed E-state index contributed by atoms with van der Waals surface area (Å²) in [5.74, 6) is 1.12. The Morgan fingerprint density at radius 1 is 1.39 bits per heavy atom. The van der Waals surface area contributed by atoms with Gasteiger partial charge in [0, 0.05) is 12.6 Å². The highest BCUT2D eigenvalue weighted by Crippen LogP contribution is 2.31. The van der Waals surface area contributed by atoms with Crippen LogP contribution in [0.2, 0.25) is 0 Å². The van der Waals surface area contributed by atoms with Gasteiger partial charge in [0.15, 0.2) is 11.5 Å². The van der Waals surface area contributed by atoms with Crippen LogP contribution in [0.25, 0.3) is 0 Å². The first-order valence-electron chi connectivity index (χ1n) is 5.49. The number of ether oxygens (including phenoxy) is 2. The van der Waals surface area contributed by atoms with E-state index < -0.39 is 0 Å². The fourth-order valence-corrected chi connectivity index (χ4v) is 1.62. The average Bonchev–Trinajstić information content (AvgIpc) is 2.81. The Morgan fingerprint density at radius 3 is 2.83 bits per heavy atom. The van der Waals surface area contributed by atoms with Gasteiger partial charge in [-0.25, -0.2) is 0 Å². The molecule has 0 radical (unpaired) electrons. The monoisotopic (exact) mass is 249 g/mol. The molecule has 0 bridgehead atoms. The molecule has 0 fully saturated rings. The summed E-state index contributed by atoms with van der Waals surface area (Å²) in [7, 11) is 3.35. The number of nitrogens with zero attached hydrogens (tertiary/aromatic N) is 3. The number of para-hydroxylation sites is 1. The number of rotatable bonds is 5. The number of benzene rings is 1. The van der Waals surface area contributed by atoms with Crippen molar-refractivity contribution in [2.45, 2.75) is 13.2 Å². The topological polar surface area (TPSA) is 69.4 Å². The number of aliphatic hydroxyl groups excluding tert-OH is 1. The Morgan fingerprint density at radius 2 is 2.22 bits per heavy atom. The predicted molar refractivity (Wildman–Crippen MR) is 64.3 cm³/mol. The van der Waals surface area contributed by atoms with E-state index >= 15 is 0 Å². The van der Waals surface area contributed by atoms with E-state index in [1.54, 1.807) is 43.2 Å². The molecule has 0 aliphatic heterocycles. The number of methoxy groups -OCH3 is 1. The lowest BCUT2D eigenvalue weighted by atomic mass is 10.2. The Bertz CT molecular complexity index is 503. The molecule has 2 rings (SSSR count). The molecule has 0 unspecified atom stereocenters. The predicted octanol–water partition coefficient (Wildman–Crippen LogP) is 0.895. The molecule has 6 nitrogen and oxygen atoms in total. The van der Waals surface area contributed by atoms with Gasteiger partial charge in [0.25, 0.3) is 0 Å². The van der Waals surface area contributed by atoms with E-state index in [0.29, 0.717) is 22.8 Å². The van der Waals surface area contributed by atoms with Crippen LogP contribution in [-0.4, -0.2) is 27.2 Å². The molecule has 0 amide bonds. The second-order valence-electron chi connectivity index (χ2n) is 3.78. The van der Waals surface area contributed by atoms with Crippen LogP contribution in [0.4, 0.5) is 0 Å². The van der Waals surface area contributed by atoms with Gasteiger partial charge in [-0.3, -0.25) is 4.68 Å². The van der Waals surface area contributed by atoms with Crippen molar-refractivity contribution in [2.24, 2.45) is 7.05 Å². The van der Waals surface area contributed by atoms with Gasteiger partial charge in [-0.2, -0.15) is 0 Å². The summed E-state index contributed by atoms with van der Waals surface area (Å²) in [6.45, 7) is 0.175. The molecule has 6 heteroatoms. The highest BCUT2D eigenvalue weighted by molar-refractivity contribution is 5.46. The van der Waals surface area contributed by atoms with Crippen molar-refractivity contribution in [1.29, 1.82) is 0 Å². The lowest BCUT2D eigenvalue weighted by molar-refractivity contribution is 0.248. The molecular formula is C12H15N3O3. The third-order valence-corrected chi connectivity index (χ3v) is 2.47. The van der Waals surface area contributed by atoms with Crippen LogP contribution in [0.15, 0.2) is 24.4 Å². The number of hydrogen-bond acceptors (Lipinski definition) is 5. The third kappa shape index (κ3) is 2.60. The molecule has 1 N–H and O–H groups in total. The minimum absolute atomic E-state index is 0.104. The number of hydrogen-bond donors (Lipinski definition) is 1. The fraction of sp³-hybridized carbons (Fsp3) is 0.333. The molecule has 0 aliphatic carbocycles. The molecular weight excluding hydrogens is 234 g/mol. The zero-order chi connectivity index (χ0) is 13.0. The van der Waals surface area contributed by atoms with Gasteiger partial charge in [0.05, 0.1) is 19.9 Å². The molecule has 1 aromatic carbocycles. The maximum absolute atomic E-state index is 9.27. The second kappa shape index (κ2) is 5.50. The van der Waals surface area contributed by atoms with Crippen LogP contribution in [0.3, 0.4) is 0 Å². The van der Waals surface area contributed by atoms with E-state index in [1.807, 2.05) is 0 Å². The van der Waals surface area contributed by atoms with E-state index in [9.17, 15) is 5.11 Å². The number of aryl methyl sites for hydroxylation is 1. The van der Waals surface area contributed by atoms with Crippen molar-refractivity contribution in [1.82, 2.24) is 15.0 Å². The summed E-state index contributed by atoms with van der Waals surface area (Å²) in [4.78, 5) is 0. The molecule has 0 saturated heterocycles. The van der Waals surface area contributed by atoms with Crippen molar-refractivity contribution >= 4 is 0 Å². The van der Waals surface area contributed by atoms with Crippen molar-refractivity contribution in [3.05, 3.63) is 35.7 Å². The SMILES string of the molecule is COc1cccc(CO)c1OCc1cn(C)nn1. The Balaban J connectivity index is 2.17. The van der Waals surface area contributed by atoms with Crippen LogP contribution in [0, 0.1) is 0 Å². The summed E-state index contributed by atoms with van der Waals surface area (Å²) in [6.07, 6.45) is 1.77. The maximum Gasteiger partial charge on any atom is 0.167 e.